The highest BCUT2D eigenvalue weighted by molar-refractivity contribution is 5.81. The van der Waals surface area contributed by atoms with E-state index in [0.29, 0.717) is 0 Å². The first kappa shape index (κ1) is 11.9. The highest BCUT2D eigenvalue weighted by Gasteiger charge is 2.10. The number of fused-ring (bicyclic) bond motifs is 1. The first-order valence-corrected chi connectivity index (χ1v) is 5.89. The van der Waals surface area contributed by atoms with Gasteiger partial charge in [0.25, 0.3) is 0 Å². The normalized spacial score (nSPS) is 12.7. The molecule has 0 amide bonds. The molecule has 3 nitrogen and oxygen atoms in total. The lowest BCUT2D eigenvalue weighted by atomic mass is 10.1. The van der Waals surface area contributed by atoms with Crippen LogP contribution < -0.4 is 10.6 Å². The van der Waals surface area contributed by atoms with Gasteiger partial charge in [-0.05, 0) is 31.0 Å². The van der Waals surface area contributed by atoms with Gasteiger partial charge in [-0.25, -0.2) is 4.98 Å². The van der Waals surface area contributed by atoms with Crippen LogP contribution in [0.1, 0.15) is 12.5 Å². The number of hydrogen-bond donors (Lipinski definition) is 1. The van der Waals surface area contributed by atoms with Gasteiger partial charge in [-0.1, -0.05) is 18.2 Å². The lowest BCUT2D eigenvalue weighted by Crippen LogP contribution is -2.21. The third-order valence-electron chi connectivity index (χ3n) is 2.75. The summed E-state index contributed by atoms with van der Waals surface area (Å²) in [6, 6.07) is 10.5. The molecular formula is C14H19N3. The molecule has 1 unspecified atom stereocenters. The first-order chi connectivity index (χ1) is 8.08. The summed E-state index contributed by atoms with van der Waals surface area (Å²) >= 11 is 0. The molecule has 2 N–H and O–H groups in total. The average Bonchev–Trinajstić information content (AvgIpc) is 2.27. The summed E-state index contributed by atoms with van der Waals surface area (Å²) in [4.78, 5) is 6.74. The summed E-state index contributed by atoms with van der Waals surface area (Å²) < 4.78 is 0. The van der Waals surface area contributed by atoms with Crippen LogP contribution in [0.3, 0.4) is 0 Å². The lowest BCUT2D eigenvalue weighted by molar-refractivity contribution is 0.735. The van der Waals surface area contributed by atoms with Crippen molar-refractivity contribution in [1.82, 2.24) is 4.98 Å². The molecule has 3 heteroatoms. The molecule has 0 radical (unpaired) electrons. The number of benzene rings is 1. The van der Waals surface area contributed by atoms with Crippen LogP contribution in [0.25, 0.3) is 10.9 Å². The van der Waals surface area contributed by atoms with Crippen molar-refractivity contribution in [3.63, 3.8) is 0 Å². The number of para-hydroxylation sites is 1. The van der Waals surface area contributed by atoms with Gasteiger partial charge in [-0.15, -0.1) is 0 Å². The zero-order chi connectivity index (χ0) is 12.4. The summed E-state index contributed by atoms with van der Waals surface area (Å²) in [5, 5.41) is 1.17. The lowest BCUT2D eigenvalue weighted by Gasteiger charge is -2.18. The fourth-order valence-electron chi connectivity index (χ4n) is 2.03. The number of hydrogen-bond acceptors (Lipinski definition) is 3. The molecule has 90 valence electrons. The molecule has 1 aromatic carbocycles. The molecule has 0 saturated carbocycles. The standard InChI is InChI=1S/C14H19N3/c1-10(15)8-12-9-11-6-4-5-7-13(11)16-14(12)17(2)3/h4-7,9-10H,8,15H2,1-3H3. The van der Waals surface area contributed by atoms with Crippen LogP contribution in [-0.2, 0) is 6.42 Å². The van der Waals surface area contributed by atoms with Gasteiger partial charge in [0.05, 0.1) is 5.52 Å². The van der Waals surface area contributed by atoms with Crippen molar-refractivity contribution in [2.45, 2.75) is 19.4 Å². The molecule has 1 atom stereocenters. The van der Waals surface area contributed by atoms with Gasteiger partial charge in [-0.2, -0.15) is 0 Å². The maximum Gasteiger partial charge on any atom is 0.132 e. The monoisotopic (exact) mass is 229 g/mol. The summed E-state index contributed by atoms with van der Waals surface area (Å²) in [6.07, 6.45) is 0.853. The summed E-state index contributed by atoms with van der Waals surface area (Å²) in [6.45, 7) is 2.02. The predicted molar refractivity (Wildman–Crippen MR) is 73.4 cm³/mol. The topological polar surface area (TPSA) is 42.1 Å². The summed E-state index contributed by atoms with van der Waals surface area (Å²) in [5.74, 6) is 1.01. The quantitative estimate of drug-likeness (QED) is 0.877. The van der Waals surface area contributed by atoms with Crippen molar-refractivity contribution in [3.05, 3.63) is 35.9 Å². The largest absolute Gasteiger partial charge is 0.362 e. The predicted octanol–water partition coefficient (Wildman–Crippen LogP) is 2.19. The van der Waals surface area contributed by atoms with Gasteiger partial charge in [-0.3, -0.25) is 0 Å². The third-order valence-corrected chi connectivity index (χ3v) is 2.75. The molecule has 0 aliphatic carbocycles. The van der Waals surface area contributed by atoms with Crippen molar-refractivity contribution >= 4 is 16.7 Å². The summed E-state index contributed by atoms with van der Waals surface area (Å²) in [7, 11) is 4.03. The maximum absolute atomic E-state index is 5.89. The highest BCUT2D eigenvalue weighted by Crippen LogP contribution is 2.23. The number of anilines is 1. The third kappa shape index (κ3) is 2.56. The number of nitrogens with zero attached hydrogens (tertiary/aromatic N) is 2. The van der Waals surface area contributed by atoms with Crippen molar-refractivity contribution in [3.8, 4) is 0 Å². The molecule has 0 aliphatic heterocycles. The van der Waals surface area contributed by atoms with E-state index in [1.807, 2.05) is 44.1 Å². The number of rotatable bonds is 3. The van der Waals surface area contributed by atoms with Gasteiger partial charge in [0.1, 0.15) is 5.82 Å². The van der Waals surface area contributed by atoms with E-state index >= 15 is 0 Å². The van der Waals surface area contributed by atoms with E-state index < -0.39 is 0 Å². The van der Waals surface area contributed by atoms with E-state index in [1.165, 1.54) is 10.9 Å². The van der Waals surface area contributed by atoms with E-state index in [1.54, 1.807) is 0 Å². The fraction of sp³-hybridized carbons (Fsp3) is 0.357. The highest BCUT2D eigenvalue weighted by atomic mass is 15.1. The molecule has 1 aromatic heterocycles. The Morgan fingerprint density at radius 1 is 1.29 bits per heavy atom. The van der Waals surface area contributed by atoms with Crippen LogP contribution in [-0.4, -0.2) is 25.1 Å². The first-order valence-electron chi connectivity index (χ1n) is 5.89. The van der Waals surface area contributed by atoms with Crippen molar-refractivity contribution in [2.24, 2.45) is 5.73 Å². The Hall–Kier alpha value is -1.61. The Balaban J connectivity index is 2.58. The molecule has 0 aliphatic rings. The van der Waals surface area contributed by atoms with Crippen molar-refractivity contribution in [1.29, 1.82) is 0 Å². The van der Waals surface area contributed by atoms with Crippen molar-refractivity contribution in [2.75, 3.05) is 19.0 Å². The van der Waals surface area contributed by atoms with E-state index in [4.69, 9.17) is 10.7 Å². The second-order valence-corrected chi connectivity index (χ2v) is 4.74. The van der Waals surface area contributed by atoms with Gasteiger partial charge < -0.3 is 10.6 Å². The Morgan fingerprint density at radius 2 is 2.00 bits per heavy atom. The maximum atomic E-state index is 5.89. The summed E-state index contributed by atoms with van der Waals surface area (Å²) in [5.41, 5.74) is 8.14. The van der Waals surface area contributed by atoms with Crippen LogP contribution in [0.15, 0.2) is 30.3 Å². The average molecular weight is 229 g/mol. The Bertz CT molecular complexity index is 518. The Labute approximate surface area is 102 Å². The van der Waals surface area contributed by atoms with E-state index in [-0.39, 0.29) is 6.04 Å². The van der Waals surface area contributed by atoms with E-state index in [2.05, 4.69) is 12.1 Å². The minimum absolute atomic E-state index is 0.150. The van der Waals surface area contributed by atoms with E-state index in [0.717, 1.165) is 17.8 Å². The second-order valence-electron chi connectivity index (χ2n) is 4.74. The Kier molecular flexibility index (Phi) is 3.29. The van der Waals surface area contributed by atoms with Crippen LogP contribution in [0, 0.1) is 0 Å². The number of pyridine rings is 1. The van der Waals surface area contributed by atoms with Crippen LogP contribution in [0.5, 0.6) is 0 Å². The second kappa shape index (κ2) is 4.72. The Morgan fingerprint density at radius 3 is 2.65 bits per heavy atom. The van der Waals surface area contributed by atoms with Gasteiger partial charge in [0.15, 0.2) is 0 Å². The molecular weight excluding hydrogens is 210 g/mol. The molecule has 0 fully saturated rings. The van der Waals surface area contributed by atoms with Gasteiger partial charge >= 0.3 is 0 Å². The zero-order valence-corrected chi connectivity index (χ0v) is 10.6. The fourth-order valence-corrected chi connectivity index (χ4v) is 2.03. The minimum atomic E-state index is 0.150. The molecule has 0 saturated heterocycles. The van der Waals surface area contributed by atoms with Crippen LogP contribution in [0.4, 0.5) is 5.82 Å². The molecule has 2 rings (SSSR count). The minimum Gasteiger partial charge on any atom is -0.362 e. The van der Waals surface area contributed by atoms with E-state index in [9.17, 15) is 0 Å². The van der Waals surface area contributed by atoms with Gasteiger partial charge in [0.2, 0.25) is 0 Å². The van der Waals surface area contributed by atoms with Crippen molar-refractivity contribution < 1.29 is 0 Å². The molecule has 2 aromatic rings. The van der Waals surface area contributed by atoms with Crippen LogP contribution >= 0.6 is 0 Å². The smallest absolute Gasteiger partial charge is 0.132 e. The number of nitrogens with two attached hydrogens (primary N) is 1. The number of aromatic nitrogens is 1. The molecule has 0 spiro atoms. The molecule has 1 heterocycles. The molecule has 17 heavy (non-hydrogen) atoms. The SMILES string of the molecule is CC(N)Cc1cc2ccccc2nc1N(C)C. The van der Waals surface area contributed by atoms with Gasteiger partial charge in [0, 0.05) is 25.5 Å². The van der Waals surface area contributed by atoms with Crippen LogP contribution in [0.2, 0.25) is 0 Å². The molecule has 0 bridgehead atoms. The zero-order valence-electron chi connectivity index (χ0n) is 10.6.